The van der Waals surface area contributed by atoms with Gasteiger partial charge in [0.25, 0.3) is 0 Å². The zero-order valence-corrected chi connectivity index (χ0v) is 8.50. The number of benzene rings is 1. The molecule has 0 aliphatic heterocycles. The SMILES string of the molecule is O=S(O)c1cccc(S(F)(F)(F)(F)F)c1. The first-order valence-electron chi connectivity index (χ1n) is 3.35. The van der Waals surface area contributed by atoms with Crippen LogP contribution in [-0.4, -0.2) is 8.76 Å². The van der Waals surface area contributed by atoms with Crippen molar-refractivity contribution in [1.29, 1.82) is 0 Å². The van der Waals surface area contributed by atoms with Gasteiger partial charge < -0.3 is 4.55 Å². The molecule has 15 heavy (non-hydrogen) atoms. The summed E-state index contributed by atoms with van der Waals surface area (Å²) in [5.74, 6) is 0. The van der Waals surface area contributed by atoms with Crippen LogP contribution in [0, 0.1) is 0 Å². The summed E-state index contributed by atoms with van der Waals surface area (Å²) >= 11 is -2.73. The van der Waals surface area contributed by atoms with Gasteiger partial charge in [-0.05, 0) is 18.2 Å². The predicted molar refractivity (Wildman–Crippen MR) is 46.9 cm³/mol. The van der Waals surface area contributed by atoms with E-state index in [0.717, 1.165) is 6.07 Å². The van der Waals surface area contributed by atoms with Crippen molar-refractivity contribution in [2.24, 2.45) is 0 Å². The molecular weight excluding hydrogens is 263 g/mol. The second-order valence-electron chi connectivity index (χ2n) is 2.69. The zero-order chi connectivity index (χ0) is 12.0. The third kappa shape index (κ3) is 3.14. The van der Waals surface area contributed by atoms with Crippen LogP contribution in [0.15, 0.2) is 34.1 Å². The highest BCUT2D eigenvalue weighted by Crippen LogP contribution is 3.02. The highest BCUT2D eigenvalue weighted by atomic mass is 32.5. The lowest BCUT2D eigenvalue weighted by atomic mass is 10.4. The molecule has 0 heterocycles. The van der Waals surface area contributed by atoms with Crippen molar-refractivity contribution in [3.05, 3.63) is 24.3 Å². The summed E-state index contributed by atoms with van der Waals surface area (Å²) in [5.41, 5.74) is 0. The van der Waals surface area contributed by atoms with E-state index in [0.29, 0.717) is 6.07 Å². The fourth-order valence-corrected chi connectivity index (χ4v) is 2.01. The number of hydrogen-bond acceptors (Lipinski definition) is 1. The normalized spacial score (nSPS) is 19.1. The third-order valence-electron chi connectivity index (χ3n) is 1.45. The maximum atomic E-state index is 12.2. The van der Waals surface area contributed by atoms with Gasteiger partial charge in [0.05, 0.1) is 4.90 Å². The van der Waals surface area contributed by atoms with Crippen LogP contribution in [0.3, 0.4) is 0 Å². The lowest BCUT2D eigenvalue weighted by Crippen LogP contribution is -2.06. The molecule has 0 saturated carbocycles. The summed E-state index contributed by atoms with van der Waals surface area (Å²) in [6, 6.07) is 1.63. The molecule has 0 spiro atoms. The van der Waals surface area contributed by atoms with Crippen LogP contribution in [0.5, 0.6) is 0 Å². The first kappa shape index (κ1) is 12.4. The maximum Gasteiger partial charge on any atom is 0.310 e. The van der Waals surface area contributed by atoms with E-state index in [9.17, 15) is 23.6 Å². The molecule has 0 aliphatic rings. The van der Waals surface area contributed by atoms with Crippen molar-refractivity contribution in [1.82, 2.24) is 0 Å². The van der Waals surface area contributed by atoms with Gasteiger partial charge in [0.1, 0.15) is 4.90 Å². The van der Waals surface area contributed by atoms with Gasteiger partial charge in [0.15, 0.2) is 11.1 Å². The Morgan fingerprint density at radius 3 is 2.07 bits per heavy atom. The molecule has 0 aromatic heterocycles. The van der Waals surface area contributed by atoms with Gasteiger partial charge in [-0.2, -0.15) is 0 Å². The molecule has 0 aliphatic carbocycles. The van der Waals surface area contributed by atoms with Gasteiger partial charge in [-0.25, -0.2) is 4.21 Å². The monoisotopic (exact) mass is 268 g/mol. The van der Waals surface area contributed by atoms with Crippen LogP contribution in [0.1, 0.15) is 0 Å². The van der Waals surface area contributed by atoms with Crippen LogP contribution in [-0.2, 0) is 11.1 Å². The molecule has 0 bridgehead atoms. The first-order chi connectivity index (χ1) is 6.40. The van der Waals surface area contributed by atoms with E-state index in [4.69, 9.17) is 4.55 Å². The first-order valence-corrected chi connectivity index (χ1v) is 6.41. The Kier molecular flexibility index (Phi) is 2.24. The fourth-order valence-electron chi connectivity index (χ4n) is 0.823. The molecule has 0 radical (unpaired) electrons. The third-order valence-corrected chi connectivity index (χ3v) is 3.25. The molecule has 1 N–H and O–H groups in total. The highest BCUT2D eigenvalue weighted by Gasteiger charge is 2.65. The smallest absolute Gasteiger partial charge is 0.302 e. The van der Waals surface area contributed by atoms with Crippen LogP contribution < -0.4 is 0 Å². The van der Waals surface area contributed by atoms with Gasteiger partial charge in [-0.1, -0.05) is 25.5 Å². The highest BCUT2D eigenvalue weighted by molar-refractivity contribution is 8.45. The van der Waals surface area contributed by atoms with E-state index in [1.54, 1.807) is 0 Å². The van der Waals surface area contributed by atoms with Gasteiger partial charge in [-0.3, -0.25) is 0 Å². The lowest BCUT2D eigenvalue weighted by molar-refractivity contribution is 0.363. The van der Waals surface area contributed by atoms with Crippen molar-refractivity contribution in [3.8, 4) is 0 Å². The molecule has 1 atom stereocenters. The van der Waals surface area contributed by atoms with Gasteiger partial charge in [0, 0.05) is 0 Å². The number of halogens is 5. The molecule has 1 rings (SSSR count). The van der Waals surface area contributed by atoms with E-state index in [-0.39, 0.29) is 12.1 Å². The predicted octanol–water partition coefficient (Wildman–Crippen LogP) is 3.92. The molecule has 88 valence electrons. The Bertz CT molecular complexity index is 426. The zero-order valence-electron chi connectivity index (χ0n) is 6.87. The topological polar surface area (TPSA) is 37.3 Å². The van der Waals surface area contributed by atoms with Crippen LogP contribution in [0.4, 0.5) is 19.4 Å². The molecule has 2 nitrogen and oxygen atoms in total. The lowest BCUT2D eigenvalue weighted by Gasteiger charge is -2.40. The number of hydrogen-bond donors (Lipinski definition) is 1. The van der Waals surface area contributed by atoms with Gasteiger partial charge >= 0.3 is 10.2 Å². The standard InChI is InChI=1S/C6H5F5O2S2/c7-15(8,9,10,11)6-3-1-2-5(4-6)14(12)13/h1-4H,(H,12,13). The Morgan fingerprint density at radius 2 is 1.67 bits per heavy atom. The molecule has 1 unspecified atom stereocenters. The Morgan fingerprint density at radius 1 is 1.13 bits per heavy atom. The van der Waals surface area contributed by atoms with Gasteiger partial charge in [0.2, 0.25) is 0 Å². The van der Waals surface area contributed by atoms with Crippen molar-refractivity contribution in [3.63, 3.8) is 0 Å². The van der Waals surface area contributed by atoms with Crippen LogP contribution in [0.25, 0.3) is 0 Å². The van der Waals surface area contributed by atoms with E-state index in [2.05, 4.69) is 0 Å². The van der Waals surface area contributed by atoms with Crippen molar-refractivity contribution in [2.75, 3.05) is 0 Å². The Labute approximate surface area is 84.1 Å². The maximum absolute atomic E-state index is 12.2. The molecule has 0 amide bonds. The van der Waals surface area contributed by atoms with E-state index in [1.807, 2.05) is 0 Å². The summed E-state index contributed by atoms with van der Waals surface area (Å²) in [5, 5.41) is 0. The van der Waals surface area contributed by atoms with E-state index < -0.39 is 31.1 Å². The molecular formula is C6H5F5O2S2. The summed E-state index contributed by atoms with van der Waals surface area (Å²) in [4.78, 5) is -2.89. The van der Waals surface area contributed by atoms with Gasteiger partial charge in [-0.15, -0.1) is 0 Å². The van der Waals surface area contributed by atoms with Crippen molar-refractivity contribution in [2.45, 2.75) is 9.79 Å². The average Bonchev–Trinajstić information content (AvgIpc) is 2.00. The number of rotatable bonds is 2. The van der Waals surface area contributed by atoms with Crippen LogP contribution >= 0.6 is 10.2 Å². The molecule has 1 aromatic rings. The average molecular weight is 268 g/mol. The minimum atomic E-state index is -9.76. The Balaban J connectivity index is 3.43. The second-order valence-corrected chi connectivity index (χ2v) is 6.07. The van der Waals surface area contributed by atoms with E-state index >= 15 is 0 Å². The Hall–Kier alpha value is -0.670. The molecule has 9 heteroatoms. The van der Waals surface area contributed by atoms with Crippen LogP contribution in [0.2, 0.25) is 0 Å². The van der Waals surface area contributed by atoms with E-state index in [1.165, 1.54) is 0 Å². The van der Waals surface area contributed by atoms with Crippen molar-refractivity contribution < 1.29 is 28.2 Å². The minimum absolute atomic E-state index is 0.0301. The summed E-state index contributed by atoms with van der Waals surface area (Å²) < 4.78 is 79.9. The summed E-state index contributed by atoms with van der Waals surface area (Å²) in [6.45, 7) is 0. The largest absolute Gasteiger partial charge is 0.310 e. The second kappa shape index (κ2) is 2.71. The quantitative estimate of drug-likeness (QED) is 0.652. The molecule has 0 fully saturated rings. The minimum Gasteiger partial charge on any atom is -0.302 e. The fraction of sp³-hybridized carbons (Fsp3) is 0. The summed E-state index contributed by atoms with van der Waals surface area (Å²) in [6.07, 6.45) is 0. The van der Waals surface area contributed by atoms with Crippen molar-refractivity contribution >= 4 is 21.3 Å². The summed E-state index contributed by atoms with van der Waals surface area (Å²) in [7, 11) is -9.76. The molecule has 1 aromatic carbocycles. The molecule has 0 saturated heterocycles.